The van der Waals surface area contributed by atoms with Crippen molar-refractivity contribution in [2.45, 2.75) is 108 Å². The normalized spacial score (nSPS) is 18.6. The molecular weight excluding hydrogens is 1310 g/mol. The Hall–Kier alpha value is -9.52. The molecule has 29 heteroatoms. The first-order valence-corrected chi connectivity index (χ1v) is 34.6. The van der Waals surface area contributed by atoms with Crippen molar-refractivity contribution in [3.8, 4) is 17.6 Å². The zero-order valence-corrected chi connectivity index (χ0v) is 56.8. The number of amides is 2. The standard InChI is InChI=1S/C70H74N12O15P2/c1-46(2)81(47(3)4)98(92-38-18-36-71)96-57-39-62(79-37-35-61(77-69(79)85)76-67(83)48-19-10-7-11-20-48)95-60(57)43-93-99(88,75-41-50-23-16-17-26-56(50)82(86)87)97-58-40-63(80-45-74-64-65(72-44-73-66(64)80)78-68(84)49-21-12-8-13-22-49)94-59(58)42-91-70(51-24-14-9-15-25-51,52-27-31-54(89-5)32-28-52)53-29-33-55(90-6)34-30-53/h7-17,19-35,37,44-47,57-60,62-63H,18,38-43H2,1-6H3,(H,75,88)(H,72,73,78,84)(H,76,77,83,85)/t57-,58-,59+,60+,62-,63-,98?,99?/m0/s1. The minimum atomic E-state index is -4.88. The molecule has 2 aliphatic rings. The van der Waals surface area contributed by atoms with Crippen molar-refractivity contribution < 1.29 is 60.9 Å². The Morgan fingerprint density at radius 1 is 0.737 bits per heavy atom. The number of aromatic nitrogens is 6. The van der Waals surface area contributed by atoms with E-state index in [1.165, 1.54) is 47.7 Å². The van der Waals surface area contributed by atoms with Crippen molar-refractivity contribution in [2.24, 2.45) is 0 Å². The highest BCUT2D eigenvalue weighted by molar-refractivity contribution is 7.51. The Kier molecular flexibility index (Phi) is 23.2. The Labute approximate surface area is 572 Å². The number of nitro benzene ring substituents is 1. The lowest BCUT2D eigenvalue weighted by atomic mass is 9.80. The molecule has 2 fully saturated rings. The van der Waals surface area contributed by atoms with Crippen molar-refractivity contribution in [3.05, 3.63) is 243 Å². The molecule has 0 saturated carbocycles. The van der Waals surface area contributed by atoms with E-state index < -0.39 is 94.3 Å². The van der Waals surface area contributed by atoms with Crippen LogP contribution < -0.4 is 30.9 Å². The average molecular weight is 1390 g/mol. The second-order valence-corrected chi connectivity index (χ2v) is 26.8. The summed E-state index contributed by atoms with van der Waals surface area (Å²) in [5.74, 6) is 0.365. The zero-order valence-electron chi connectivity index (χ0n) is 55.0. The van der Waals surface area contributed by atoms with E-state index in [1.54, 1.807) is 85.5 Å². The summed E-state index contributed by atoms with van der Waals surface area (Å²) in [5, 5.41) is 30.6. The molecule has 9 aromatic rings. The van der Waals surface area contributed by atoms with Crippen molar-refractivity contribution in [3.63, 3.8) is 0 Å². The van der Waals surface area contributed by atoms with E-state index in [4.69, 9.17) is 41.8 Å². The van der Waals surface area contributed by atoms with Crippen molar-refractivity contribution in [1.29, 1.82) is 5.26 Å². The molecule has 5 heterocycles. The summed E-state index contributed by atoms with van der Waals surface area (Å²) in [6.07, 6.45) is -2.52. The SMILES string of the molecule is COc1ccc(C(OC[C@H]2O[C@H](n3cnc4c(NC(=O)c5ccccc5)ncnc43)C[C@@H]2OP(=O)(NCc2ccccc2[N+](=O)[O-])OC[C@H]2O[C@H](n3ccc(NC(=O)c4ccccc4)nc3=O)C[C@@H]2OP(OCCC#N)N(C(C)C)C(C)C)(c2ccccc2)c2ccc(OC)cc2)cc1. The number of carbonyl (C=O) groups excluding carboxylic acids is 2. The lowest BCUT2D eigenvalue weighted by molar-refractivity contribution is -0.385. The first-order valence-electron chi connectivity index (χ1n) is 31.9. The number of ether oxygens (including phenoxy) is 5. The van der Waals surface area contributed by atoms with Crippen LogP contribution in [-0.2, 0) is 49.0 Å². The van der Waals surface area contributed by atoms with Gasteiger partial charge in [0.2, 0.25) is 0 Å². The summed E-state index contributed by atoms with van der Waals surface area (Å²) in [5.41, 5.74) is 0.974. The molecule has 2 unspecified atom stereocenters. The largest absolute Gasteiger partial charge is 0.497 e. The highest BCUT2D eigenvalue weighted by Gasteiger charge is 2.48. The molecule has 6 aromatic carbocycles. The Bertz CT molecular complexity index is 4330. The Balaban J connectivity index is 0.981. The van der Waals surface area contributed by atoms with E-state index in [9.17, 15) is 29.8 Å². The van der Waals surface area contributed by atoms with Gasteiger partial charge >= 0.3 is 13.4 Å². The van der Waals surface area contributed by atoms with Crippen LogP contribution in [0.3, 0.4) is 0 Å². The highest BCUT2D eigenvalue weighted by atomic mass is 31.2. The van der Waals surface area contributed by atoms with Gasteiger partial charge in [-0.05, 0) is 99.0 Å². The third kappa shape index (κ3) is 16.6. The number of nitrogens with zero attached hydrogens (tertiary/aromatic N) is 9. The smallest absolute Gasteiger partial charge is 0.406 e. The quantitative estimate of drug-likeness (QED) is 0.0119. The molecule has 0 radical (unpaired) electrons. The number of fused-ring (bicyclic) bond motifs is 1. The van der Waals surface area contributed by atoms with Crippen molar-refractivity contribution >= 4 is 56.6 Å². The first-order chi connectivity index (χ1) is 48.0. The third-order valence-corrected chi connectivity index (χ3v) is 20.3. The number of anilines is 2. The van der Waals surface area contributed by atoms with Crippen LogP contribution in [0.4, 0.5) is 17.3 Å². The number of hydrogen-bond donors (Lipinski definition) is 3. The molecule has 99 heavy (non-hydrogen) atoms. The third-order valence-electron chi connectivity index (χ3n) is 16.6. The van der Waals surface area contributed by atoms with Crippen LogP contribution in [0.5, 0.6) is 11.5 Å². The summed E-state index contributed by atoms with van der Waals surface area (Å²) in [4.78, 5) is 70.7. The average Bonchev–Trinajstić information content (AvgIpc) is 1.66. The van der Waals surface area contributed by atoms with Crippen molar-refractivity contribution in [2.75, 3.05) is 44.7 Å². The maximum Gasteiger partial charge on any atom is 0.406 e. The van der Waals surface area contributed by atoms with E-state index in [0.29, 0.717) is 39.3 Å². The maximum absolute atomic E-state index is 16.4. The summed E-state index contributed by atoms with van der Waals surface area (Å²) in [6.45, 7) is 6.65. The Morgan fingerprint density at radius 3 is 1.90 bits per heavy atom. The van der Waals surface area contributed by atoms with Crippen molar-refractivity contribution in [1.82, 2.24) is 38.8 Å². The molecule has 2 amide bonds. The predicted molar refractivity (Wildman–Crippen MR) is 366 cm³/mol. The fourth-order valence-electron chi connectivity index (χ4n) is 11.8. The van der Waals surface area contributed by atoms with Crippen LogP contribution in [0.25, 0.3) is 11.2 Å². The van der Waals surface area contributed by atoms with Crippen LogP contribution in [0.1, 0.15) is 102 Å². The van der Waals surface area contributed by atoms with Gasteiger partial charge < -0.3 is 43.4 Å². The number of nitro groups is 1. The van der Waals surface area contributed by atoms with Gasteiger partial charge in [0.25, 0.3) is 26.0 Å². The fourth-order valence-corrected chi connectivity index (χ4v) is 15.1. The number of para-hydroxylation sites is 1. The van der Waals surface area contributed by atoms with E-state index in [2.05, 4.69) is 41.7 Å². The summed E-state index contributed by atoms with van der Waals surface area (Å²) >= 11 is 0. The first kappa shape index (κ1) is 70.8. The lowest BCUT2D eigenvalue weighted by Crippen LogP contribution is -2.39. The zero-order chi connectivity index (χ0) is 69.6. The second kappa shape index (κ2) is 32.4. The van der Waals surface area contributed by atoms with Crippen LogP contribution in [0.15, 0.2) is 194 Å². The molecule has 27 nitrogen and oxygen atoms in total. The van der Waals surface area contributed by atoms with Gasteiger partial charge in [0, 0.05) is 60.4 Å². The van der Waals surface area contributed by atoms with Gasteiger partial charge in [0.1, 0.15) is 60.0 Å². The molecule has 2 aliphatic heterocycles. The van der Waals surface area contributed by atoms with Crippen LogP contribution in [0, 0.1) is 21.4 Å². The molecule has 0 spiro atoms. The number of rotatable bonds is 31. The van der Waals surface area contributed by atoms with Gasteiger partial charge in [0.15, 0.2) is 17.0 Å². The molecule has 514 valence electrons. The second-order valence-electron chi connectivity index (χ2n) is 23.6. The van der Waals surface area contributed by atoms with E-state index in [-0.39, 0.29) is 78.6 Å². The molecule has 0 aliphatic carbocycles. The number of imidazole rings is 1. The number of methoxy groups -OCH3 is 2. The number of nitriles is 1. The van der Waals surface area contributed by atoms with Gasteiger partial charge in [-0.15, -0.1) is 0 Å². The van der Waals surface area contributed by atoms with E-state index in [1.807, 2.05) is 111 Å². The number of nitrogens with one attached hydrogen (secondary N) is 3. The number of benzene rings is 6. The highest BCUT2D eigenvalue weighted by Crippen LogP contribution is 2.54. The number of carbonyl (C=O) groups is 2. The van der Waals surface area contributed by atoms with Gasteiger partial charge in [-0.1, -0.05) is 109 Å². The van der Waals surface area contributed by atoms with Gasteiger partial charge in [0.05, 0.1) is 63.9 Å². The molecule has 0 bridgehead atoms. The molecule has 11 rings (SSSR count). The summed E-state index contributed by atoms with van der Waals surface area (Å²) in [6, 6.07) is 50.7. The van der Waals surface area contributed by atoms with Crippen LogP contribution >= 0.6 is 16.3 Å². The molecule has 3 N–H and O–H groups in total. The van der Waals surface area contributed by atoms with Gasteiger partial charge in [-0.2, -0.15) is 10.2 Å². The fraction of sp³-hybridized carbons (Fsp3) is 0.314. The van der Waals surface area contributed by atoms with E-state index >= 15 is 4.57 Å². The molecule has 3 aromatic heterocycles. The van der Waals surface area contributed by atoms with Gasteiger partial charge in [-0.3, -0.25) is 37.9 Å². The minimum absolute atomic E-state index is 0.0156. The Morgan fingerprint density at radius 2 is 1.30 bits per heavy atom. The van der Waals surface area contributed by atoms with Crippen LogP contribution in [0.2, 0.25) is 0 Å². The van der Waals surface area contributed by atoms with Crippen LogP contribution in [-0.4, -0.2) is 121 Å². The molecular formula is C70H74N12O15P2. The predicted octanol–water partition coefficient (Wildman–Crippen LogP) is 12.1. The lowest BCUT2D eigenvalue weighted by Gasteiger charge is -2.37. The number of hydrogen-bond acceptors (Lipinski definition) is 21. The molecule has 8 atom stereocenters. The molecule has 2 saturated heterocycles. The maximum atomic E-state index is 16.4. The summed E-state index contributed by atoms with van der Waals surface area (Å²) in [7, 11) is -3.71. The van der Waals surface area contributed by atoms with Gasteiger partial charge in [-0.25, -0.2) is 34.1 Å². The topological polar surface area (TPSA) is 319 Å². The van der Waals surface area contributed by atoms with E-state index in [0.717, 1.165) is 0 Å². The monoisotopic (exact) mass is 1380 g/mol. The summed E-state index contributed by atoms with van der Waals surface area (Å²) < 4.78 is 80.7. The minimum Gasteiger partial charge on any atom is -0.497 e.